The average molecular weight is 373 g/mol. The molecule has 5 unspecified atom stereocenters. The van der Waals surface area contributed by atoms with Gasteiger partial charge in [0.2, 0.25) is 0 Å². The highest BCUT2D eigenvalue weighted by atomic mass is 16.3. The lowest BCUT2D eigenvalue weighted by Crippen LogP contribution is -2.60. The highest BCUT2D eigenvalue weighted by Crippen LogP contribution is 2.42. The van der Waals surface area contributed by atoms with Gasteiger partial charge in [-0.3, -0.25) is 5.32 Å². The van der Waals surface area contributed by atoms with Crippen molar-refractivity contribution < 1.29 is 5.11 Å². The van der Waals surface area contributed by atoms with Gasteiger partial charge in [0.1, 0.15) is 6.23 Å². The molecule has 0 aromatic heterocycles. The molecule has 4 aliphatic rings. The van der Waals surface area contributed by atoms with Crippen LogP contribution in [0.2, 0.25) is 0 Å². The second kappa shape index (κ2) is 7.32. The van der Waals surface area contributed by atoms with E-state index in [1.165, 1.54) is 27.9 Å². The maximum atomic E-state index is 10.6. The molecule has 1 aromatic carbocycles. The molecule has 5 rings (SSSR count). The normalized spacial score (nSPS) is 34.4. The molecule has 3 nitrogen and oxygen atoms in total. The van der Waals surface area contributed by atoms with E-state index in [2.05, 4.69) is 78.3 Å². The Morgan fingerprint density at radius 3 is 2.64 bits per heavy atom. The van der Waals surface area contributed by atoms with Crippen LogP contribution >= 0.6 is 0 Å². The van der Waals surface area contributed by atoms with Crippen LogP contribution < -0.4 is 10.6 Å². The van der Waals surface area contributed by atoms with Gasteiger partial charge in [0.05, 0.1) is 6.04 Å². The van der Waals surface area contributed by atoms with Gasteiger partial charge < -0.3 is 10.4 Å². The van der Waals surface area contributed by atoms with Crippen molar-refractivity contribution in [1.29, 1.82) is 0 Å². The largest absolute Gasteiger partial charge is 0.375 e. The van der Waals surface area contributed by atoms with Crippen LogP contribution in [0.15, 0.2) is 89.1 Å². The number of benzene rings is 1. The number of hydrogen-bond acceptors (Lipinski definition) is 3. The maximum absolute atomic E-state index is 10.6. The highest BCUT2D eigenvalue weighted by molar-refractivity contribution is 5.60. The summed E-state index contributed by atoms with van der Waals surface area (Å²) in [4.78, 5) is 0. The van der Waals surface area contributed by atoms with Gasteiger partial charge in [-0.1, -0.05) is 60.7 Å². The minimum absolute atomic E-state index is 0.0835. The molecule has 0 bridgehead atoms. The van der Waals surface area contributed by atoms with Crippen LogP contribution in [0.5, 0.6) is 0 Å². The number of fused-ring (bicyclic) bond motifs is 3. The molecule has 2 heterocycles. The van der Waals surface area contributed by atoms with Crippen LogP contribution in [0.1, 0.15) is 37.7 Å². The minimum Gasteiger partial charge on any atom is -0.375 e. The van der Waals surface area contributed by atoms with Crippen molar-refractivity contribution in [3.05, 3.63) is 94.6 Å². The first-order chi connectivity index (χ1) is 13.7. The van der Waals surface area contributed by atoms with Crippen molar-refractivity contribution in [2.45, 2.75) is 56.5 Å². The molecule has 0 saturated carbocycles. The first-order valence-corrected chi connectivity index (χ1v) is 10.5. The predicted octanol–water partition coefficient (Wildman–Crippen LogP) is 3.88. The smallest absolute Gasteiger partial charge is 0.125 e. The fourth-order valence-electron chi connectivity index (χ4n) is 5.17. The Morgan fingerprint density at radius 1 is 1.00 bits per heavy atom. The van der Waals surface area contributed by atoms with Crippen molar-refractivity contribution in [1.82, 2.24) is 10.6 Å². The third-order valence-electron chi connectivity index (χ3n) is 6.43. The van der Waals surface area contributed by atoms with Gasteiger partial charge in [-0.2, -0.15) is 0 Å². The first kappa shape index (κ1) is 17.9. The van der Waals surface area contributed by atoms with Crippen molar-refractivity contribution >= 4 is 0 Å². The summed E-state index contributed by atoms with van der Waals surface area (Å²) in [5.41, 5.74) is 6.51. The molecule has 1 aromatic rings. The van der Waals surface area contributed by atoms with Crippen LogP contribution in [-0.4, -0.2) is 29.5 Å². The van der Waals surface area contributed by atoms with E-state index < -0.39 is 6.23 Å². The fraction of sp³-hybridized carbons (Fsp3) is 0.360. The summed E-state index contributed by atoms with van der Waals surface area (Å²) in [7, 11) is 0. The SMILES string of the molecule is CC1CC(c2ccccc2)C2=CC=C3C(C4=CCCC=C4)=CC(O)NC3C2N1. The molecule has 2 aliphatic heterocycles. The number of rotatable bonds is 2. The zero-order chi connectivity index (χ0) is 19.1. The van der Waals surface area contributed by atoms with Crippen LogP contribution in [0.3, 0.4) is 0 Å². The van der Waals surface area contributed by atoms with E-state index in [9.17, 15) is 5.11 Å². The first-order valence-electron chi connectivity index (χ1n) is 10.5. The Morgan fingerprint density at radius 2 is 1.86 bits per heavy atom. The third kappa shape index (κ3) is 3.14. The molecule has 2 aliphatic carbocycles. The zero-order valence-corrected chi connectivity index (χ0v) is 16.3. The summed E-state index contributed by atoms with van der Waals surface area (Å²) < 4.78 is 0. The lowest BCUT2D eigenvalue weighted by atomic mass is 9.71. The average Bonchev–Trinajstić information content (AvgIpc) is 2.74. The lowest BCUT2D eigenvalue weighted by Gasteiger charge is -2.46. The Bertz CT molecular complexity index is 906. The molecule has 1 saturated heterocycles. The van der Waals surface area contributed by atoms with E-state index in [1.54, 1.807) is 0 Å². The van der Waals surface area contributed by atoms with E-state index in [1.807, 2.05) is 6.08 Å². The number of aliphatic hydroxyl groups excluding tert-OH is 1. The Balaban J connectivity index is 1.56. The monoisotopic (exact) mass is 372 g/mol. The summed E-state index contributed by atoms with van der Waals surface area (Å²) in [5.74, 6) is 0.419. The van der Waals surface area contributed by atoms with Gasteiger partial charge in [0, 0.05) is 18.0 Å². The summed E-state index contributed by atoms with van der Waals surface area (Å²) in [6, 6.07) is 11.5. The number of allylic oxidation sites excluding steroid dienone is 6. The Labute approximate surface area is 167 Å². The molecule has 0 amide bonds. The molecular weight excluding hydrogens is 344 g/mol. The second-order valence-corrected chi connectivity index (χ2v) is 8.34. The van der Waals surface area contributed by atoms with Gasteiger partial charge in [0.25, 0.3) is 0 Å². The predicted molar refractivity (Wildman–Crippen MR) is 114 cm³/mol. The highest BCUT2D eigenvalue weighted by Gasteiger charge is 2.42. The van der Waals surface area contributed by atoms with E-state index >= 15 is 0 Å². The lowest BCUT2D eigenvalue weighted by molar-refractivity contribution is 0.155. The minimum atomic E-state index is -0.623. The van der Waals surface area contributed by atoms with Crippen LogP contribution in [0.25, 0.3) is 0 Å². The molecule has 3 heteroatoms. The Hall–Kier alpha value is -2.20. The van der Waals surface area contributed by atoms with Crippen molar-refractivity contribution in [2.75, 3.05) is 0 Å². The molecule has 5 atom stereocenters. The van der Waals surface area contributed by atoms with Crippen molar-refractivity contribution in [3.8, 4) is 0 Å². The van der Waals surface area contributed by atoms with Crippen LogP contribution in [0.4, 0.5) is 0 Å². The van der Waals surface area contributed by atoms with E-state index in [0.717, 1.165) is 19.3 Å². The van der Waals surface area contributed by atoms with Crippen LogP contribution in [0, 0.1) is 0 Å². The fourth-order valence-corrected chi connectivity index (χ4v) is 5.17. The molecule has 1 fully saturated rings. The van der Waals surface area contributed by atoms with Crippen molar-refractivity contribution in [2.24, 2.45) is 0 Å². The standard InChI is InChI=1S/C25H28N2O/c1-16-14-21(17-8-4-2-5-9-17)19-12-13-20-22(18-10-6-3-7-11-18)15-23(28)27-25(20)24(19)26-16/h2,4-6,8-13,15-16,21,23-28H,3,7,14H2,1H3. The molecule has 3 N–H and O–H groups in total. The quantitative estimate of drug-likeness (QED) is 0.738. The maximum Gasteiger partial charge on any atom is 0.125 e. The molecule has 0 spiro atoms. The van der Waals surface area contributed by atoms with Gasteiger partial charge in [-0.25, -0.2) is 0 Å². The van der Waals surface area contributed by atoms with Gasteiger partial charge in [-0.15, -0.1) is 0 Å². The topological polar surface area (TPSA) is 44.3 Å². The molecular formula is C25H28N2O. The zero-order valence-electron chi connectivity index (χ0n) is 16.3. The molecule has 144 valence electrons. The number of aliphatic hydroxyl groups is 1. The summed E-state index contributed by atoms with van der Waals surface area (Å²) in [6.07, 6.45) is 15.9. The van der Waals surface area contributed by atoms with Gasteiger partial charge in [0.15, 0.2) is 0 Å². The van der Waals surface area contributed by atoms with Gasteiger partial charge in [-0.05, 0) is 60.1 Å². The molecule has 0 radical (unpaired) electrons. The van der Waals surface area contributed by atoms with E-state index in [0.29, 0.717) is 12.0 Å². The molecule has 28 heavy (non-hydrogen) atoms. The number of nitrogens with one attached hydrogen (secondary N) is 2. The van der Waals surface area contributed by atoms with Gasteiger partial charge >= 0.3 is 0 Å². The summed E-state index contributed by atoms with van der Waals surface area (Å²) in [6.45, 7) is 2.27. The Kier molecular flexibility index (Phi) is 4.67. The summed E-state index contributed by atoms with van der Waals surface area (Å²) >= 11 is 0. The number of hydrogen-bond donors (Lipinski definition) is 3. The van der Waals surface area contributed by atoms with E-state index in [4.69, 9.17) is 0 Å². The second-order valence-electron chi connectivity index (χ2n) is 8.34. The van der Waals surface area contributed by atoms with E-state index in [-0.39, 0.29) is 12.1 Å². The summed E-state index contributed by atoms with van der Waals surface area (Å²) in [5, 5.41) is 17.8. The van der Waals surface area contributed by atoms with Crippen molar-refractivity contribution in [3.63, 3.8) is 0 Å². The number of piperidine rings is 1. The third-order valence-corrected chi connectivity index (χ3v) is 6.43. The van der Waals surface area contributed by atoms with Crippen LogP contribution in [-0.2, 0) is 0 Å².